The summed E-state index contributed by atoms with van der Waals surface area (Å²) in [6.45, 7) is 0. The van der Waals surface area contributed by atoms with Gasteiger partial charge in [0.05, 0.1) is 8.47 Å². The minimum absolute atomic E-state index is 1.07. The molecule has 1 heterocycles. The number of hydrogen-bond donors (Lipinski definition) is 2. The van der Waals surface area contributed by atoms with Crippen molar-refractivity contribution in [2.45, 2.75) is 0 Å². The van der Waals surface area contributed by atoms with Gasteiger partial charge in [-0.15, -0.1) is 48.8 Å². The zero-order valence-corrected chi connectivity index (χ0v) is 7.55. The maximum absolute atomic E-state index is 4.20. The summed E-state index contributed by atoms with van der Waals surface area (Å²) < 4.78 is 2.15. The molecule has 0 nitrogen and oxygen atoms in total. The van der Waals surface area contributed by atoms with Crippen LogP contribution in [0.2, 0.25) is 0 Å². The van der Waals surface area contributed by atoms with Crippen LogP contribution < -0.4 is 0 Å². The van der Waals surface area contributed by atoms with E-state index >= 15 is 0 Å². The van der Waals surface area contributed by atoms with Gasteiger partial charge in [-0.2, -0.15) is 0 Å². The van der Waals surface area contributed by atoms with Crippen LogP contribution in [0, 0.1) is 0 Å². The monoisotopic (exact) mass is 182 g/mol. The molecule has 0 saturated heterocycles. The molecule has 0 saturated carbocycles. The van der Waals surface area contributed by atoms with Crippen LogP contribution in [0.4, 0.5) is 0 Å². The fraction of sp³-hybridized carbons (Fsp3) is 0.500. The van der Waals surface area contributed by atoms with E-state index in [0.717, 1.165) is 8.47 Å². The molecule has 0 spiro atoms. The molecular formula is C4H6S4. The van der Waals surface area contributed by atoms with E-state index in [1.807, 2.05) is 0 Å². The van der Waals surface area contributed by atoms with Gasteiger partial charge in [-0.1, -0.05) is 0 Å². The summed E-state index contributed by atoms with van der Waals surface area (Å²) in [7, 11) is 0. The van der Waals surface area contributed by atoms with Crippen LogP contribution in [0.3, 0.4) is 0 Å². The molecule has 0 radical (unpaired) electrons. The smallest absolute Gasteiger partial charge is 0.0569 e. The summed E-state index contributed by atoms with van der Waals surface area (Å²) in [6, 6.07) is 0. The van der Waals surface area contributed by atoms with Gasteiger partial charge in [0.1, 0.15) is 0 Å². The van der Waals surface area contributed by atoms with Crippen molar-refractivity contribution in [3.05, 3.63) is 8.47 Å². The zero-order valence-electron chi connectivity index (χ0n) is 4.13. The van der Waals surface area contributed by atoms with Crippen LogP contribution in [-0.4, -0.2) is 11.5 Å². The minimum atomic E-state index is 1.07. The molecule has 0 atom stereocenters. The third kappa shape index (κ3) is 1.83. The van der Waals surface area contributed by atoms with Crippen molar-refractivity contribution < 1.29 is 0 Å². The van der Waals surface area contributed by atoms with Gasteiger partial charge in [0, 0.05) is 11.5 Å². The molecule has 0 aromatic carbocycles. The Morgan fingerprint density at radius 1 is 1.00 bits per heavy atom. The van der Waals surface area contributed by atoms with Gasteiger partial charge in [-0.05, 0) is 0 Å². The standard InChI is InChI=1S/C4H6S4/c5-3-4(6)8-2-1-7-3/h5-6H,1-2H2. The van der Waals surface area contributed by atoms with E-state index in [9.17, 15) is 0 Å². The van der Waals surface area contributed by atoms with E-state index in [-0.39, 0.29) is 0 Å². The number of thioether (sulfide) groups is 2. The maximum atomic E-state index is 4.20. The molecule has 0 unspecified atom stereocenters. The third-order valence-electron chi connectivity index (χ3n) is 0.744. The van der Waals surface area contributed by atoms with E-state index in [1.54, 1.807) is 23.5 Å². The first kappa shape index (κ1) is 7.25. The highest BCUT2D eigenvalue weighted by Crippen LogP contribution is 2.37. The summed E-state index contributed by atoms with van der Waals surface area (Å²) in [5, 5.41) is 0. The molecule has 4 heteroatoms. The molecular weight excluding hydrogens is 176 g/mol. The lowest BCUT2D eigenvalue weighted by Gasteiger charge is -2.09. The van der Waals surface area contributed by atoms with Gasteiger partial charge in [0.15, 0.2) is 0 Å². The van der Waals surface area contributed by atoms with E-state index in [2.05, 4.69) is 25.3 Å². The fourth-order valence-corrected chi connectivity index (χ4v) is 2.99. The van der Waals surface area contributed by atoms with Gasteiger partial charge in [-0.3, -0.25) is 0 Å². The second-order valence-electron chi connectivity index (χ2n) is 1.31. The number of rotatable bonds is 0. The Balaban J connectivity index is 2.60. The Kier molecular flexibility index (Phi) is 3.03. The third-order valence-corrected chi connectivity index (χ3v) is 4.60. The van der Waals surface area contributed by atoms with Crippen LogP contribution in [0.25, 0.3) is 0 Å². The van der Waals surface area contributed by atoms with Crippen molar-refractivity contribution in [1.29, 1.82) is 0 Å². The first-order valence-corrected chi connectivity index (χ1v) is 5.05. The van der Waals surface area contributed by atoms with Gasteiger partial charge >= 0.3 is 0 Å². The molecule has 46 valence electrons. The highest BCUT2D eigenvalue weighted by atomic mass is 32.2. The lowest BCUT2D eigenvalue weighted by molar-refractivity contribution is 1.56. The quantitative estimate of drug-likeness (QED) is 0.552. The van der Waals surface area contributed by atoms with Crippen molar-refractivity contribution in [3.63, 3.8) is 0 Å². The maximum Gasteiger partial charge on any atom is 0.0569 e. The second-order valence-corrected chi connectivity index (χ2v) is 5.02. The van der Waals surface area contributed by atoms with Crippen molar-refractivity contribution in [2.75, 3.05) is 11.5 Å². The summed E-state index contributed by atoms with van der Waals surface area (Å²) in [6.07, 6.45) is 0. The molecule has 8 heavy (non-hydrogen) atoms. The lowest BCUT2D eigenvalue weighted by Crippen LogP contribution is -1.88. The zero-order chi connectivity index (χ0) is 5.98. The molecule has 0 fully saturated rings. The SMILES string of the molecule is SC1=C(S)SCCS1. The van der Waals surface area contributed by atoms with Crippen LogP contribution in [-0.2, 0) is 0 Å². The Morgan fingerprint density at radius 2 is 1.38 bits per heavy atom. The highest BCUT2D eigenvalue weighted by Gasteiger charge is 2.05. The van der Waals surface area contributed by atoms with Gasteiger partial charge in [0.25, 0.3) is 0 Å². The lowest BCUT2D eigenvalue weighted by atomic mass is 11.0. The second kappa shape index (κ2) is 3.34. The topological polar surface area (TPSA) is 0 Å². The van der Waals surface area contributed by atoms with Crippen LogP contribution in [0.5, 0.6) is 0 Å². The minimum Gasteiger partial charge on any atom is -0.135 e. The van der Waals surface area contributed by atoms with Crippen LogP contribution >= 0.6 is 48.8 Å². The molecule has 0 N–H and O–H groups in total. The summed E-state index contributed by atoms with van der Waals surface area (Å²) in [5.74, 6) is 2.35. The van der Waals surface area contributed by atoms with E-state index in [4.69, 9.17) is 0 Å². The fourth-order valence-electron chi connectivity index (χ4n) is 0.400. The molecule has 0 bridgehead atoms. The summed E-state index contributed by atoms with van der Waals surface area (Å²) in [5.41, 5.74) is 0. The first-order valence-electron chi connectivity index (χ1n) is 2.18. The Bertz CT molecular complexity index is 103. The Hall–Kier alpha value is 1.14. The van der Waals surface area contributed by atoms with Gasteiger partial charge in [0.2, 0.25) is 0 Å². The molecule has 0 aromatic heterocycles. The van der Waals surface area contributed by atoms with Crippen LogP contribution in [0.1, 0.15) is 0 Å². The molecule has 1 aliphatic rings. The summed E-state index contributed by atoms with van der Waals surface area (Å²) in [4.78, 5) is 0. The normalized spacial score (nSPS) is 21.8. The predicted octanol–water partition coefficient (Wildman–Crippen LogP) is 2.45. The predicted molar refractivity (Wildman–Crippen MR) is 49.9 cm³/mol. The highest BCUT2D eigenvalue weighted by molar-refractivity contribution is 8.23. The molecule has 0 aliphatic carbocycles. The van der Waals surface area contributed by atoms with Crippen molar-refractivity contribution in [2.24, 2.45) is 0 Å². The van der Waals surface area contributed by atoms with Gasteiger partial charge in [-0.25, -0.2) is 0 Å². The summed E-state index contributed by atoms with van der Waals surface area (Å²) >= 11 is 11.9. The Labute approximate surface area is 68.7 Å². The largest absolute Gasteiger partial charge is 0.135 e. The number of hydrogen-bond acceptors (Lipinski definition) is 4. The molecule has 1 aliphatic heterocycles. The first-order chi connectivity index (χ1) is 3.80. The van der Waals surface area contributed by atoms with E-state index < -0.39 is 0 Å². The van der Waals surface area contributed by atoms with Crippen molar-refractivity contribution in [3.8, 4) is 0 Å². The van der Waals surface area contributed by atoms with Crippen molar-refractivity contribution in [1.82, 2.24) is 0 Å². The molecule has 0 aromatic rings. The van der Waals surface area contributed by atoms with Crippen LogP contribution in [0.15, 0.2) is 8.47 Å². The van der Waals surface area contributed by atoms with E-state index in [0.29, 0.717) is 0 Å². The number of thiol groups is 2. The van der Waals surface area contributed by atoms with Crippen molar-refractivity contribution >= 4 is 48.8 Å². The average Bonchev–Trinajstić information content (AvgIpc) is 1.77. The Morgan fingerprint density at radius 3 is 1.62 bits per heavy atom. The average molecular weight is 182 g/mol. The van der Waals surface area contributed by atoms with Gasteiger partial charge < -0.3 is 0 Å². The molecule has 1 rings (SSSR count). The molecule has 0 amide bonds. The van der Waals surface area contributed by atoms with E-state index in [1.165, 1.54) is 11.5 Å².